The maximum atomic E-state index is 12.6. The van der Waals surface area contributed by atoms with Gasteiger partial charge in [-0.2, -0.15) is 0 Å². The van der Waals surface area contributed by atoms with Gasteiger partial charge in [-0.15, -0.1) is 0 Å². The highest BCUT2D eigenvalue weighted by atomic mass is 16.5. The zero-order valence-corrected chi connectivity index (χ0v) is 16.1. The molecule has 2 aromatic carbocycles. The number of urea groups is 1. The summed E-state index contributed by atoms with van der Waals surface area (Å²) in [6.07, 6.45) is -1.45. The van der Waals surface area contributed by atoms with Crippen LogP contribution in [0.1, 0.15) is 27.6 Å². The van der Waals surface area contributed by atoms with Gasteiger partial charge in [0.25, 0.3) is 11.8 Å². The van der Waals surface area contributed by atoms with Gasteiger partial charge in [-0.1, -0.05) is 48.5 Å². The quantitative estimate of drug-likeness (QED) is 0.560. The fourth-order valence-electron chi connectivity index (χ4n) is 3.00. The number of fused-ring (bicyclic) bond motifs is 1. The molecule has 5 amide bonds. The van der Waals surface area contributed by atoms with E-state index in [-0.39, 0.29) is 6.42 Å². The zero-order chi connectivity index (χ0) is 21.7. The van der Waals surface area contributed by atoms with Crippen molar-refractivity contribution in [3.8, 4) is 0 Å². The van der Waals surface area contributed by atoms with Crippen LogP contribution >= 0.6 is 0 Å². The molecule has 1 heterocycles. The lowest BCUT2D eigenvalue weighted by molar-refractivity contribution is -0.158. The van der Waals surface area contributed by atoms with Gasteiger partial charge in [0.1, 0.15) is 6.54 Å². The summed E-state index contributed by atoms with van der Waals surface area (Å²) in [5, 5.41) is 4.29. The second-order valence-electron chi connectivity index (χ2n) is 6.47. The molecule has 1 atom stereocenters. The van der Waals surface area contributed by atoms with Gasteiger partial charge in [0.15, 0.2) is 0 Å². The van der Waals surface area contributed by atoms with Gasteiger partial charge >= 0.3 is 12.0 Å². The first-order chi connectivity index (χ1) is 14.4. The average molecular weight is 409 g/mol. The minimum atomic E-state index is -1.43. The molecule has 0 saturated carbocycles. The molecule has 30 heavy (non-hydrogen) atoms. The summed E-state index contributed by atoms with van der Waals surface area (Å²) in [4.78, 5) is 62.2. The number of nitrogens with one attached hydrogen (secondary N) is 2. The average Bonchev–Trinajstić information content (AvgIpc) is 2.75. The van der Waals surface area contributed by atoms with Crippen molar-refractivity contribution in [2.24, 2.45) is 0 Å². The van der Waals surface area contributed by atoms with E-state index < -0.39 is 42.4 Å². The third-order valence-corrected chi connectivity index (χ3v) is 4.48. The summed E-state index contributed by atoms with van der Waals surface area (Å²) in [6.45, 7) is -0.650. The number of hydrogen-bond donors (Lipinski definition) is 2. The minimum absolute atomic E-state index is 0.0194. The van der Waals surface area contributed by atoms with Crippen molar-refractivity contribution in [2.45, 2.75) is 12.5 Å². The Hall–Kier alpha value is -4.01. The first-order valence-corrected chi connectivity index (χ1v) is 9.10. The van der Waals surface area contributed by atoms with Gasteiger partial charge in [-0.05, 0) is 11.6 Å². The van der Waals surface area contributed by atoms with E-state index in [4.69, 9.17) is 4.74 Å². The molecule has 0 bridgehead atoms. The molecule has 0 unspecified atom stereocenters. The maximum absolute atomic E-state index is 12.6. The maximum Gasteiger partial charge on any atom is 0.327 e. The Morgan fingerprint density at radius 3 is 2.40 bits per heavy atom. The Kier molecular flexibility index (Phi) is 6.21. The highest BCUT2D eigenvalue weighted by molar-refractivity contribution is 6.11. The van der Waals surface area contributed by atoms with E-state index in [0.717, 1.165) is 4.90 Å². The lowest BCUT2D eigenvalue weighted by Gasteiger charge is -2.26. The van der Waals surface area contributed by atoms with Crippen molar-refractivity contribution >= 4 is 29.7 Å². The predicted octanol–water partition coefficient (Wildman–Crippen LogP) is 0.952. The van der Waals surface area contributed by atoms with Crippen molar-refractivity contribution < 1.29 is 28.7 Å². The Morgan fingerprint density at radius 1 is 1.03 bits per heavy atom. The molecule has 3 rings (SSSR count). The van der Waals surface area contributed by atoms with Crippen LogP contribution in [0.2, 0.25) is 0 Å². The van der Waals surface area contributed by atoms with E-state index in [1.165, 1.54) is 7.05 Å². The first kappa shape index (κ1) is 20.7. The van der Waals surface area contributed by atoms with Gasteiger partial charge in [-0.25, -0.2) is 4.79 Å². The largest absolute Gasteiger partial charge is 0.446 e. The third kappa shape index (κ3) is 4.52. The number of carbonyl (C=O) groups is 5. The van der Waals surface area contributed by atoms with Crippen LogP contribution in [0.3, 0.4) is 0 Å². The van der Waals surface area contributed by atoms with Crippen molar-refractivity contribution in [2.75, 3.05) is 13.6 Å². The standard InChI is InChI=1S/C21H19N3O6/c1-22-21(29)23-19(27)18(13-7-3-2-4-8-13)30-17(26)12-24-16(25)11-14-9-5-6-10-15(14)20(24)28/h2-10,18H,11-12H2,1H3,(H2,22,23,27,29)/t18-/m0/s1. The molecular formula is C21H19N3O6. The highest BCUT2D eigenvalue weighted by Crippen LogP contribution is 2.21. The lowest BCUT2D eigenvalue weighted by atomic mass is 9.98. The number of nitrogens with zero attached hydrogens (tertiary/aromatic N) is 1. The molecule has 2 N–H and O–H groups in total. The summed E-state index contributed by atoms with van der Waals surface area (Å²) in [5.74, 6) is -2.97. The molecule has 0 aromatic heterocycles. The fraction of sp³-hybridized carbons (Fsp3) is 0.190. The summed E-state index contributed by atoms with van der Waals surface area (Å²) >= 11 is 0. The number of amides is 5. The predicted molar refractivity (Wildman–Crippen MR) is 104 cm³/mol. The van der Waals surface area contributed by atoms with Crippen LogP contribution < -0.4 is 10.6 Å². The van der Waals surface area contributed by atoms with Gasteiger partial charge in [-0.3, -0.25) is 29.4 Å². The number of esters is 1. The Labute approximate surface area is 172 Å². The van der Waals surface area contributed by atoms with Crippen molar-refractivity contribution in [1.29, 1.82) is 0 Å². The van der Waals surface area contributed by atoms with E-state index in [2.05, 4.69) is 10.6 Å². The van der Waals surface area contributed by atoms with Crippen molar-refractivity contribution in [3.05, 3.63) is 71.3 Å². The molecule has 0 saturated heterocycles. The molecule has 0 radical (unpaired) electrons. The molecular weight excluding hydrogens is 390 g/mol. The molecule has 154 valence electrons. The van der Waals surface area contributed by atoms with Crippen LogP contribution in [0.5, 0.6) is 0 Å². The van der Waals surface area contributed by atoms with Crippen molar-refractivity contribution in [1.82, 2.24) is 15.5 Å². The number of hydrogen-bond acceptors (Lipinski definition) is 6. The molecule has 2 aromatic rings. The van der Waals surface area contributed by atoms with E-state index in [9.17, 15) is 24.0 Å². The Balaban J connectivity index is 1.76. The Morgan fingerprint density at radius 2 is 1.70 bits per heavy atom. The first-order valence-electron chi connectivity index (χ1n) is 9.10. The highest BCUT2D eigenvalue weighted by Gasteiger charge is 2.34. The number of benzene rings is 2. The fourth-order valence-corrected chi connectivity index (χ4v) is 3.00. The van der Waals surface area contributed by atoms with Crippen LogP contribution in [0, 0.1) is 0 Å². The van der Waals surface area contributed by atoms with Gasteiger partial charge in [0.2, 0.25) is 12.0 Å². The minimum Gasteiger partial charge on any atom is -0.446 e. The summed E-state index contributed by atoms with van der Waals surface area (Å²) in [5.41, 5.74) is 1.25. The van der Waals surface area contributed by atoms with Crippen LogP contribution in [0.25, 0.3) is 0 Å². The van der Waals surface area contributed by atoms with Gasteiger partial charge in [0.05, 0.1) is 6.42 Å². The van der Waals surface area contributed by atoms with Crippen LogP contribution in [-0.4, -0.2) is 48.2 Å². The SMILES string of the molecule is CNC(=O)NC(=O)[C@@H](OC(=O)CN1C(=O)Cc2ccccc2C1=O)c1ccccc1. The van der Waals surface area contributed by atoms with Crippen LogP contribution in [0.4, 0.5) is 4.79 Å². The molecule has 9 nitrogen and oxygen atoms in total. The monoisotopic (exact) mass is 409 g/mol. The Bertz CT molecular complexity index is 1000. The summed E-state index contributed by atoms with van der Waals surface area (Å²) < 4.78 is 5.25. The molecule has 0 spiro atoms. The topological polar surface area (TPSA) is 122 Å². The number of carbonyl (C=O) groups excluding carboxylic acids is 5. The summed E-state index contributed by atoms with van der Waals surface area (Å²) in [7, 11) is 1.33. The number of rotatable bonds is 5. The van der Waals surface area contributed by atoms with Crippen molar-refractivity contribution in [3.63, 3.8) is 0 Å². The molecule has 9 heteroatoms. The molecule has 0 fully saturated rings. The van der Waals surface area contributed by atoms with Crippen LogP contribution in [-0.2, 0) is 25.5 Å². The smallest absolute Gasteiger partial charge is 0.327 e. The van der Waals surface area contributed by atoms with E-state index >= 15 is 0 Å². The third-order valence-electron chi connectivity index (χ3n) is 4.48. The second kappa shape index (κ2) is 8.99. The van der Waals surface area contributed by atoms with Crippen LogP contribution in [0.15, 0.2) is 54.6 Å². The van der Waals surface area contributed by atoms with Gasteiger partial charge in [0, 0.05) is 18.2 Å². The molecule has 0 aliphatic carbocycles. The molecule has 1 aliphatic rings. The van der Waals surface area contributed by atoms with E-state index in [0.29, 0.717) is 16.7 Å². The second-order valence-corrected chi connectivity index (χ2v) is 6.47. The number of imide groups is 2. The number of ether oxygens (including phenoxy) is 1. The normalized spacial score (nSPS) is 13.8. The van der Waals surface area contributed by atoms with Gasteiger partial charge < -0.3 is 10.1 Å². The summed E-state index contributed by atoms with van der Waals surface area (Å²) in [6, 6.07) is 14.0. The lowest BCUT2D eigenvalue weighted by Crippen LogP contribution is -2.46. The van der Waals surface area contributed by atoms with E-state index in [1.807, 2.05) is 0 Å². The molecule has 1 aliphatic heterocycles. The van der Waals surface area contributed by atoms with E-state index in [1.54, 1.807) is 54.6 Å². The zero-order valence-electron chi connectivity index (χ0n) is 16.1.